The highest BCUT2D eigenvalue weighted by Gasteiger charge is 2.04. The summed E-state index contributed by atoms with van der Waals surface area (Å²) in [6.45, 7) is 7.69. The molecule has 0 unspecified atom stereocenters. The quantitative estimate of drug-likeness (QED) is 0.672. The highest BCUT2D eigenvalue weighted by atomic mass is 15.3. The molecule has 0 amide bonds. The van der Waals surface area contributed by atoms with Crippen molar-refractivity contribution in [2.75, 3.05) is 0 Å². The lowest BCUT2D eigenvalue weighted by Crippen LogP contribution is -2.05. The maximum absolute atomic E-state index is 4.29. The van der Waals surface area contributed by atoms with Gasteiger partial charge in [-0.2, -0.15) is 5.10 Å². The first-order valence-corrected chi connectivity index (χ1v) is 4.77. The molecule has 2 nitrogen and oxygen atoms in total. The lowest BCUT2D eigenvalue weighted by atomic mass is 10.1. The number of hydrogen-bond acceptors (Lipinski definition) is 1. The summed E-state index contributed by atoms with van der Waals surface area (Å²) in [4.78, 5) is 0. The molecule has 0 bridgehead atoms. The molecule has 68 valence electrons. The fourth-order valence-corrected chi connectivity index (χ4v) is 1.33. The molecule has 12 heavy (non-hydrogen) atoms. The Morgan fingerprint density at radius 3 is 2.83 bits per heavy atom. The van der Waals surface area contributed by atoms with E-state index in [9.17, 15) is 0 Å². The second-order valence-corrected chi connectivity index (χ2v) is 3.49. The number of rotatable bonds is 4. The van der Waals surface area contributed by atoms with Gasteiger partial charge in [-0.3, -0.25) is 4.68 Å². The number of unbranched alkanes of at least 4 members (excludes halogenated alkanes) is 1. The van der Waals surface area contributed by atoms with Gasteiger partial charge in [-0.25, -0.2) is 0 Å². The Balaban J connectivity index is 2.64. The highest BCUT2D eigenvalue weighted by Crippen LogP contribution is 2.13. The molecule has 0 saturated heterocycles. The van der Waals surface area contributed by atoms with E-state index < -0.39 is 0 Å². The van der Waals surface area contributed by atoms with Crippen molar-refractivity contribution in [3.8, 4) is 0 Å². The molecule has 0 spiro atoms. The predicted molar refractivity (Wildman–Crippen MR) is 51.2 cm³/mol. The Kier molecular flexibility index (Phi) is 3.32. The van der Waals surface area contributed by atoms with E-state index in [1.54, 1.807) is 0 Å². The maximum Gasteiger partial charge on any atom is 0.0492 e. The predicted octanol–water partition coefficient (Wildman–Crippen LogP) is 2.81. The molecular weight excluding hydrogens is 148 g/mol. The van der Waals surface area contributed by atoms with Crippen LogP contribution in [-0.2, 0) is 6.54 Å². The smallest absolute Gasteiger partial charge is 0.0492 e. The molecule has 1 aromatic heterocycles. The van der Waals surface area contributed by atoms with Gasteiger partial charge in [0.15, 0.2) is 0 Å². The van der Waals surface area contributed by atoms with Crippen molar-refractivity contribution in [3.63, 3.8) is 0 Å². The van der Waals surface area contributed by atoms with Crippen LogP contribution < -0.4 is 0 Å². The standard InChI is InChI=1S/C10H18N2/c1-4-5-8-12-10(9(2)3)6-7-11-12/h6-7,9H,4-5,8H2,1-3H3. The first-order chi connectivity index (χ1) is 5.75. The molecular formula is C10H18N2. The molecule has 0 aliphatic carbocycles. The zero-order valence-corrected chi connectivity index (χ0v) is 8.25. The van der Waals surface area contributed by atoms with Crippen molar-refractivity contribution in [1.29, 1.82) is 0 Å². The molecule has 1 aromatic rings. The third-order valence-corrected chi connectivity index (χ3v) is 2.06. The van der Waals surface area contributed by atoms with Gasteiger partial charge in [-0.15, -0.1) is 0 Å². The van der Waals surface area contributed by atoms with E-state index >= 15 is 0 Å². The number of aromatic nitrogens is 2. The minimum Gasteiger partial charge on any atom is -0.269 e. The van der Waals surface area contributed by atoms with Crippen LogP contribution in [-0.4, -0.2) is 9.78 Å². The molecule has 0 fully saturated rings. The highest BCUT2D eigenvalue weighted by molar-refractivity contribution is 5.05. The molecule has 0 saturated carbocycles. The van der Waals surface area contributed by atoms with Crippen LogP contribution in [0.1, 0.15) is 45.2 Å². The summed E-state index contributed by atoms with van der Waals surface area (Å²) in [6, 6.07) is 2.11. The molecule has 0 N–H and O–H groups in total. The molecule has 0 aliphatic rings. The van der Waals surface area contributed by atoms with Crippen molar-refractivity contribution < 1.29 is 0 Å². The molecule has 0 atom stereocenters. The van der Waals surface area contributed by atoms with Gasteiger partial charge in [0.25, 0.3) is 0 Å². The van der Waals surface area contributed by atoms with Crippen LogP contribution in [0.4, 0.5) is 0 Å². The van der Waals surface area contributed by atoms with Crippen molar-refractivity contribution in [2.24, 2.45) is 0 Å². The molecule has 0 aliphatic heterocycles. The van der Waals surface area contributed by atoms with Gasteiger partial charge in [0.2, 0.25) is 0 Å². The lowest BCUT2D eigenvalue weighted by molar-refractivity contribution is 0.536. The van der Waals surface area contributed by atoms with Crippen molar-refractivity contribution in [3.05, 3.63) is 18.0 Å². The van der Waals surface area contributed by atoms with Gasteiger partial charge in [0.1, 0.15) is 0 Å². The van der Waals surface area contributed by atoms with E-state index in [4.69, 9.17) is 0 Å². The van der Waals surface area contributed by atoms with Gasteiger partial charge in [-0.05, 0) is 18.4 Å². The summed E-state index contributed by atoms with van der Waals surface area (Å²) >= 11 is 0. The van der Waals surface area contributed by atoms with Crippen LogP contribution in [0.5, 0.6) is 0 Å². The summed E-state index contributed by atoms with van der Waals surface area (Å²) in [5.41, 5.74) is 1.35. The first kappa shape index (κ1) is 9.30. The van der Waals surface area contributed by atoms with Crippen molar-refractivity contribution in [2.45, 2.75) is 46.1 Å². The van der Waals surface area contributed by atoms with E-state index in [0.29, 0.717) is 5.92 Å². The topological polar surface area (TPSA) is 17.8 Å². The Labute approximate surface area is 74.6 Å². The van der Waals surface area contributed by atoms with Crippen molar-refractivity contribution in [1.82, 2.24) is 9.78 Å². The molecule has 1 rings (SSSR count). The van der Waals surface area contributed by atoms with E-state index in [1.807, 2.05) is 6.20 Å². The van der Waals surface area contributed by atoms with Crippen LogP contribution in [0.15, 0.2) is 12.3 Å². The summed E-state index contributed by atoms with van der Waals surface area (Å²) in [5, 5.41) is 4.29. The third kappa shape index (κ3) is 2.10. The zero-order chi connectivity index (χ0) is 8.97. The average Bonchev–Trinajstić information content (AvgIpc) is 2.48. The second-order valence-electron chi connectivity index (χ2n) is 3.49. The van der Waals surface area contributed by atoms with Gasteiger partial charge in [0, 0.05) is 18.4 Å². The molecule has 1 heterocycles. The Hall–Kier alpha value is -0.790. The van der Waals surface area contributed by atoms with Crippen molar-refractivity contribution >= 4 is 0 Å². The number of aryl methyl sites for hydroxylation is 1. The van der Waals surface area contributed by atoms with Crippen LogP contribution in [0, 0.1) is 0 Å². The number of nitrogens with zero attached hydrogens (tertiary/aromatic N) is 2. The second kappa shape index (κ2) is 4.29. The molecule has 0 aromatic carbocycles. The fraction of sp³-hybridized carbons (Fsp3) is 0.700. The lowest BCUT2D eigenvalue weighted by Gasteiger charge is -2.08. The monoisotopic (exact) mass is 166 g/mol. The van der Waals surface area contributed by atoms with Crippen LogP contribution in [0.3, 0.4) is 0 Å². The van der Waals surface area contributed by atoms with Gasteiger partial charge in [-0.1, -0.05) is 27.2 Å². The van der Waals surface area contributed by atoms with E-state index in [1.165, 1.54) is 18.5 Å². The van der Waals surface area contributed by atoms with Gasteiger partial charge < -0.3 is 0 Å². The molecule has 0 radical (unpaired) electrons. The Morgan fingerprint density at radius 2 is 2.25 bits per heavy atom. The summed E-state index contributed by atoms with van der Waals surface area (Å²) in [6.07, 6.45) is 4.35. The largest absolute Gasteiger partial charge is 0.269 e. The summed E-state index contributed by atoms with van der Waals surface area (Å²) in [5.74, 6) is 0.587. The van der Waals surface area contributed by atoms with E-state index in [-0.39, 0.29) is 0 Å². The van der Waals surface area contributed by atoms with Crippen LogP contribution >= 0.6 is 0 Å². The zero-order valence-electron chi connectivity index (χ0n) is 8.25. The maximum atomic E-state index is 4.29. The fourth-order valence-electron chi connectivity index (χ4n) is 1.33. The summed E-state index contributed by atoms with van der Waals surface area (Å²) < 4.78 is 2.12. The van der Waals surface area contributed by atoms with Crippen LogP contribution in [0.2, 0.25) is 0 Å². The van der Waals surface area contributed by atoms with Gasteiger partial charge >= 0.3 is 0 Å². The minimum absolute atomic E-state index is 0.587. The Morgan fingerprint density at radius 1 is 1.50 bits per heavy atom. The van der Waals surface area contributed by atoms with E-state index in [0.717, 1.165) is 6.54 Å². The SMILES string of the molecule is CCCCn1nccc1C(C)C. The normalized spacial score (nSPS) is 11.0. The minimum atomic E-state index is 0.587. The molecule has 2 heteroatoms. The van der Waals surface area contributed by atoms with Crippen LogP contribution in [0.25, 0.3) is 0 Å². The summed E-state index contributed by atoms with van der Waals surface area (Å²) in [7, 11) is 0. The Bertz CT molecular complexity index is 225. The average molecular weight is 166 g/mol. The third-order valence-electron chi connectivity index (χ3n) is 2.06. The number of hydrogen-bond donors (Lipinski definition) is 0. The van der Waals surface area contributed by atoms with E-state index in [2.05, 4.69) is 36.6 Å². The first-order valence-electron chi connectivity index (χ1n) is 4.77. The van der Waals surface area contributed by atoms with Gasteiger partial charge in [0.05, 0.1) is 0 Å².